The van der Waals surface area contributed by atoms with Gasteiger partial charge in [0.05, 0.1) is 12.1 Å². The smallest absolute Gasteiger partial charge is 0.223 e. The van der Waals surface area contributed by atoms with Crippen molar-refractivity contribution in [2.45, 2.75) is 9.79 Å². The van der Waals surface area contributed by atoms with Gasteiger partial charge < -0.3 is 0 Å². The molecule has 20 heavy (non-hydrogen) atoms. The first kappa shape index (κ1) is 14.4. The van der Waals surface area contributed by atoms with E-state index in [1.54, 1.807) is 18.2 Å². The molecule has 98 valence electrons. The maximum Gasteiger partial charge on any atom is 0.223 e. The summed E-state index contributed by atoms with van der Waals surface area (Å²) < 4.78 is 26.3. The molecule has 0 atom stereocenters. The van der Waals surface area contributed by atoms with Crippen LogP contribution in [0, 0.1) is 29.5 Å². The van der Waals surface area contributed by atoms with E-state index >= 15 is 0 Å². The number of nitrogens with zero attached hydrogens (tertiary/aromatic N) is 2. The van der Waals surface area contributed by atoms with Gasteiger partial charge in [0.25, 0.3) is 0 Å². The van der Waals surface area contributed by atoms with Crippen LogP contribution in [-0.2, 0) is 0 Å². The molecule has 0 heterocycles. The Balaban J connectivity index is 2.13. The summed E-state index contributed by atoms with van der Waals surface area (Å²) in [7, 11) is 2.62. The normalized spacial score (nSPS) is 9.80. The van der Waals surface area contributed by atoms with Gasteiger partial charge in [-0.25, -0.2) is 13.6 Å². The van der Waals surface area contributed by atoms with Gasteiger partial charge in [0.2, 0.25) is 5.69 Å². The molecule has 0 amide bonds. The van der Waals surface area contributed by atoms with Gasteiger partial charge in [-0.05, 0) is 36.4 Å². The van der Waals surface area contributed by atoms with Crippen molar-refractivity contribution in [1.29, 1.82) is 5.26 Å². The number of hydrogen-bond acceptors (Lipinski definition) is 3. The van der Waals surface area contributed by atoms with Crippen LogP contribution in [0.4, 0.5) is 14.5 Å². The number of benzene rings is 2. The zero-order valence-corrected chi connectivity index (χ0v) is 11.6. The number of halogens is 2. The van der Waals surface area contributed by atoms with Crippen LogP contribution in [0.5, 0.6) is 0 Å². The van der Waals surface area contributed by atoms with Gasteiger partial charge in [0.15, 0.2) is 0 Å². The Morgan fingerprint density at radius 2 is 1.60 bits per heavy atom. The molecule has 0 aliphatic carbocycles. The second-order valence-electron chi connectivity index (χ2n) is 3.65. The molecule has 0 saturated heterocycles. The van der Waals surface area contributed by atoms with Crippen molar-refractivity contribution in [3.63, 3.8) is 0 Å². The molecule has 2 aromatic carbocycles. The van der Waals surface area contributed by atoms with E-state index in [-0.39, 0.29) is 11.3 Å². The summed E-state index contributed by atoms with van der Waals surface area (Å²) in [4.78, 5) is 4.51. The highest BCUT2D eigenvalue weighted by Gasteiger charge is 2.06. The van der Waals surface area contributed by atoms with E-state index in [9.17, 15) is 8.78 Å². The standard InChI is InChI=1S/C14H6F2N2S2/c1-18-14-7-11(3-5-13(14)16)20-19-10-2-4-12(15)9(6-10)8-17/h2-7H. The van der Waals surface area contributed by atoms with E-state index < -0.39 is 11.6 Å². The zero-order valence-electron chi connectivity index (χ0n) is 9.93. The summed E-state index contributed by atoms with van der Waals surface area (Å²) in [5.41, 5.74) is -0.0519. The Labute approximate surface area is 122 Å². The average molecular weight is 304 g/mol. The summed E-state index contributed by atoms with van der Waals surface area (Å²) in [5, 5.41) is 8.75. The summed E-state index contributed by atoms with van der Waals surface area (Å²) in [6.45, 7) is 6.85. The highest BCUT2D eigenvalue weighted by molar-refractivity contribution is 8.76. The lowest BCUT2D eigenvalue weighted by Gasteiger charge is -2.03. The first-order valence-corrected chi connectivity index (χ1v) is 7.50. The van der Waals surface area contributed by atoms with Crippen molar-refractivity contribution in [3.05, 3.63) is 65.0 Å². The highest BCUT2D eigenvalue weighted by atomic mass is 33.1. The minimum Gasteiger partial charge on any atom is -0.235 e. The minimum absolute atomic E-state index is 0.0171. The quantitative estimate of drug-likeness (QED) is 0.577. The van der Waals surface area contributed by atoms with Crippen LogP contribution >= 0.6 is 21.6 Å². The Hall–Kier alpha value is -2.02. The third-order valence-electron chi connectivity index (χ3n) is 2.33. The third kappa shape index (κ3) is 3.30. The van der Waals surface area contributed by atoms with Gasteiger partial charge in [-0.2, -0.15) is 5.26 Å². The largest absolute Gasteiger partial charge is 0.235 e. The SMILES string of the molecule is [C-]#[N+]c1cc(SSc2ccc(F)c(C#N)c2)ccc1F. The van der Waals surface area contributed by atoms with Gasteiger partial charge in [-0.15, -0.1) is 0 Å². The van der Waals surface area contributed by atoms with Gasteiger partial charge in [-0.1, -0.05) is 21.6 Å². The molecular weight excluding hydrogens is 298 g/mol. The molecule has 0 bridgehead atoms. The fourth-order valence-corrected chi connectivity index (χ4v) is 3.33. The van der Waals surface area contributed by atoms with Crippen LogP contribution in [-0.4, -0.2) is 0 Å². The van der Waals surface area contributed by atoms with Crippen molar-refractivity contribution >= 4 is 27.3 Å². The van der Waals surface area contributed by atoms with Crippen molar-refractivity contribution in [3.8, 4) is 6.07 Å². The first-order valence-electron chi connectivity index (χ1n) is 5.35. The van der Waals surface area contributed by atoms with Crippen LogP contribution in [0.1, 0.15) is 5.56 Å². The second-order valence-corrected chi connectivity index (χ2v) is 5.92. The van der Waals surface area contributed by atoms with E-state index in [4.69, 9.17) is 11.8 Å². The molecule has 0 N–H and O–H groups in total. The minimum atomic E-state index is -0.557. The molecule has 0 unspecified atom stereocenters. The Morgan fingerprint density at radius 3 is 2.20 bits per heavy atom. The van der Waals surface area contributed by atoms with E-state index in [2.05, 4.69) is 4.85 Å². The molecule has 2 aromatic rings. The van der Waals surface area contributed by atoms with E-state index in [0.29, 0.717) is 9.79 Å². The highest BCUT2D eigenvalue weighted by Crippen LogP contribution is 2.39. The topological polar surface area (TPSA) is 28.1 Å². The van der Waals surface area contributed by atoms with Crippen LogP contribution in [0.2, 0.25) is 0 Å². The van der Waals surface area contributed by atoms with Crippen LogP contribution in [0.25, 0.3) is 4.85 Å². The molecule has 0 aliphatic heterocycles. The van der Waals surface area contributed by atoms with Gasteiger partial charge in [0.1, 0.15) is 17.7 Å². The van der Waals surface area contributed by atoms with Crippen molar-refractivity contribution in [2.75, 3.05) is 0 Å². The van der Waals surface area contributed by atoms with E-state index in [1.807, 2.05) is 0 Å². The summed E-state index contributed by atoms with van der Waals surface area (Å²) in [6, 6.07) is 10.3. The van der Waals surface area contributed by atoms with E-state index in [1.165, 1.54) is 45.9 Å². The summed E-state index contributed by atoms with van der Waals surface area (Å²) >= 11 is 0. The summed E-state index contributed by atoms with van der Waals surface area (Å²) in [6.07, 6.45) is 0. The summed E-state index contributed by atoms with van der Waals surface area (Å²) in [5.74, 6) is -1.11. The van der Waals surface area contributed by atoms with Crippen LogP contribution in [0.15, 0.2) is 46.2 Å². The number of nitriles is 1. The predicted octanol–water partition coefficient (Wildman–Crippen LogP) is 5.19. The monoisotopic (exact) mass is 304 g/mol. The maximum atomic E-state index is 13.2. The molecule has 0 fully saturated rings. The fourth-order valence-electron chi connectivity index (χ4n) is 1.37. The van der Waals surface area contributed by atoms with Crippen LogP contribution in [0.3, 0.4) is 0 Å². The lowest BCUT2D eigenvalue weighted by molar-refractivity contribution is 0.622. The number of hydrogen-bond donors (Lipinski definition) is 0. The fraction of sp³-hybridized carbons (Fsp3) is 0. The molecule has 0 spiro atoms. The van der Waals surface area contributed by atoms with Crippen molar-refractivity contribution < 1.29 is 8.78 Å². The molecule has 6 heteroatoms. The molecule has 2 rings (SSSR count). The lowest BCUT2D eigenvalue weighted by Crippen LogP contribution is -1.82. The van der Waals surface area contributed by atoms with Crippen molar-refractivity contribution in [2.24, 2.45) is 0 Å². The van der Waals surface area contributed by atoms with Crippen LogP contribution < -0.4 is 0 Å². The Morgan fingerprint density at radius 1 is 1.00 bits per heavy atom. The Kier molecular flexibility index (Phi) is 4.62. The first-order chi connectivity index (χ1) is 9.63. The molecule has 0 radical (unpaired) electrons. The Bertz CT molecular complexity index is 669. The lowest BCUT2D eigenvalue weighted by atomic mass is 10.2. The van der Waals surface area contributed by atoms with Crippen molar-refractivity contribution in [1.82, 2.24) is 0 Å². The third-order valence-corrected chi connectivity index (χ3v) is 4.71. The molecule has 0 aromatic heterocycles. The van der Waals surface area contributed by atoms with Gasteiger partial charge in [-0.3, -0.25) is 0 Å². The molecule has 2 nitrogen and oxygen atoms in total. The zero-order chi connectivity index (χ0) is 14.5. The number of rotatable bonds is 3. The molecular formula is C14H6F2N2S2. The molecule has 0 saturated carbocycles. The molecule has 0 aliphatic rings. The second kappa shape index (κ2) is 6.42. The maximum absolute atomic E-state index is 13.2. The average Bonchev–Trinajstić information content (AvgIpc) is 2.47. The predicted molar refractivity (Wildman–Crippen MR) is 75.5 cm³/mol. The van der Waals surface area contributed by atoms with Gasteiger partial charge in [0, 0.05) is 9.79 Å². The van der Waals surface area contributed by atoms with Gasteiger partial charge >= 0.3 is 0 Å². The van der Waals surface area contributed by atoms with E-state index in [0.717, 1.165) is 0 Å².